The standard InChI is InChI=1S/C18H26N2O6/c1-12-13(11-24-14(12)21)20-9-10-25-18(15(20)22)5-7-19(8-6-18)16(23)26-17(2,3)4/h5-11H2,1-4H3. The molecule has 144 valence electrons. The smallest absolute Gasteiger partial charge is 0.410 e. The zero-order chi connectivity index (χ0) is 19.1. The van der Waals surface area contributed by atoms with E-state index >= 15 is 0 Å². The lowest BCUT2D eigenvalue weighted by Gasteiger charge is -2.46. The third-order valence-electron chi connectivity index (χ3n) is 4.96. The molecule has 0 aromatic heterocycles. The highest BCUT2D eigenvalue weighted by molar-refractivity contribution is 5.94. The Hall–Kier alpha value is -2.09. The van der Waals surface area contributed by atoms with Crippen molar-refractivity contribution in [2.45, 2.75) is 51.7 Å². The maximum atomic E-state index is 13.1. The number of morpholine rings is 1. The van der Waals surface area contributed by atoms with Crippen molar-refractivity contribution in [2.75, 3.05) is 32.8 Å². The molecular formula is C18H26N2O6. The Morgan fingerprint density at radius 2 is 1.81 bits per heavy atom. The van der Waals surface area contributed by atoms with E-state index in [0.29, 0.717) is 50.4 Å². The third kappa shape index (κ3) is 3.42. The highest BCUT2D eigenvalue weighted by Crippen LogP contribution is 2.34. The number of nitrogens with zero attached hydrogens (tertiary/aromatic N) is 2. The van der Waals surface area contributed by atoms with E-state index in [-0.39, 0.29) is 24.6 Å². The normalized spacial score (nSPS) is 23.5. The molecule has 0 aromatic carbocycles. The van der Waals surface area contributed by atoms with Crippen molar-refractivity contribution in [3.05, 3.63) is 11.3 Å². The monoisotopic (exact) mass is 366 g/mol. The van der Waals surface area contributed by atoms with Crippen LogP contribution in [0.2, 0.25) is 0 Å². The summed E-state index contributed by atoms with van der Waals surface area (Å²) in [5.74, 6) is -0.534. The molecule has 8 heteroatoms. The van der Waals surface area contributed by atoms with Crippen molar-refractivity contribution in [3.63, 3.8) is 0 Å². The lowest BCUT2D eigenvalue weighted by Crippen LogP contribution is -2.61. The van der Waals surface area contributed by atoms with Crippen molar-refractivity contribution in [2.24, 2.45) is 0 Å². The number of ether oxygens (including phenoxy) is 3. The molecule has 0 radical (unpaired) electrons. The SMILES string of the molecule is CC1=C(N2CCOC3(CCN(C(=O)OC(C)(C)C)CC3)C2=O)COC1=O. The second-order valence-electron chi connectivity index (χ2n) is 7.91. The van der Waals surface area contributed by atoms with Crippen molar-refractivity contribution < 1.29 is 28.6 Å². The first-order valence-electron chi connectivity index (χ1n) is 8.94. The summed E-state index contributed by atoms with van der Waals surface area (Å²) < 4.78 is 16.3. The van der Waals surface area contributed by atoms with Gasteiger partial charge in [0.05, 0.1) is 17.9 Å². The van der Waals surface area contributed by atoms with Crippen molar-refractivity contribution in [1.29, 1.82) is 0 Å². The minimum Gasteiger partial charge on any atom is -0.456 e. The molecule has 3 aliphatic heterocycles. The minimum absolute atomic E-state index is 0.122. The predicted octanol–water partition coefficient (Wildman–Crippen LogP) is 1.45. The van der Waals surface area contributed by atoms with Gasteiger partial charge in [0.15, 0.2) is 5.60 Å². The van der Waals surface area contributed by atoms with Gasteiger partial charge >= 0.3 is 12.1 Å². The second-order valence-corrected chi connectivity index (χ2v) is 7.91. The Labute approximate surface area is 153 Å². The predicted molar refractivity (Wildman–Crippen MR) is 91.1 cm³/mol. The maximum Gasteiger partial charge on any atom is 0.410 e. The number of hydrogen-bond acceptors (Lipinski definition) is 6. The molecule has 0 unspecified atom stereocenters. The number of amides is 2. The molecule has 0 saturated carbocycles. The fourth-order valence-electron chi connectivity index (χ4n) is 3.48. The van der Waals surface area contributed by atoms with Gasteiger partial charge in [-0.2, -0.15) is 0 Å². The Morgan fingerprint density at radius 1 is 1.15 bits per heavy atom. The first kappa shape index (κ1) is 18.7. The van der Waals surface area contributed by atoms with Gasteiger partial charge in [-0.15, -0.1) is 0 Å². The van der Waals surface area contributed by atoms with E-state index in [1.165, 1.54) is 0 Å². The molecule has 0 bridgehead atoms. The van der Waals surface area contributed by atoms with Crippen LogP contribution in [0.4, 0.5) is 4.79 Å². The summed E-state index contributed by atoms with van der Waals surface area (Å²) in [6, 6.07) is 0. The Bertz CT molecular complexity index is 655. The summed E-state index contributed by atoms with van der Waals surface area (Å²) >= 11 is 0. The van der Waals surface area contributed by atoms with Gasteiger partial charge in [0.1, 0.15) is 12.2 Å². The molecule has 2 fully saturated rings. The number of cyclic esters (lactones) is 1. The fraction of sp³-hybridized carbons (Fsp3) is 0.722. The molecule has 26 heavy (non-hydrogen) atoms. The largest absolute Gasteiger partial charge is 0.456 e. The van der Waals surface area contributed by atoms with Gasteiger partial charge in [-0.05, 0) is 27.7 Å². The zero-order valence-electron chi connectivity index (χ0n) is 15.8. The van der Waals surface area contributed by atoms with Gasteiger partial charge < -0.3 is 24.0 Å². The van der Waals surface area contributed by atoms with Crippen LogP contribution in [0.25, 0.3) is 0 Å². The quantitative estimate of drug-likeness (QED) is 0.653. The average molecular weight is 366 g/mol. The number of rotatable bonds is 1. The van der Waals surface area contributed by atoms with Crippen LogP contribution in [-0.4, -0.2) is 71.8 Å². The number of carbonyl (C=O) groups is 3. The van der Waals surface area contributed by atoms with Crippen molar-refractivity contribution in [1.82, 2.24) is 9.80 Å². The summed E-state index contributed by atoms with van der Waals surface area (Å²) in [6.07, 6.45) is 0.437. The Balaban J connectivity index is 1.69. The van der Waals surface area contributed by atoms with E-state index < -0.39 is 11.2 Å². The van der Waals surface area contributed by atoms with E-state index in [1.807, 2.05) is 20.8 Å². The topological polar surface area (TPSA) is 85.4 Å². The Kier molecular flexibility index (Phi) is 4.72. The summed E-state index contributed by atoms with van der Waals surface area (Å²) in [6.45, 7) is 8.84. The van der Waals surface area contributed by atoms with Crippen LogP contribution in [0.1, 0.15) is 40.5 Å². The summed E-state index contributed by atoms with van der Waals surface area (Å²) in [5.41, 5.74) is -0.409. The van der Waals surface area contributed by atoms with Gasteiger partial charge in [-0.3, -0.25) is 4.79 Å². The molecule has 3 heterocycles. The van der Waals surface area contributed by atoms with Crippen LogP contribution >= 0.6 is 0 Å². The number of likely N-dealkylation sites (tertiary alicyclic amines) is 1. The van der Waals surface area contributed by atoms with Gasteiger partial charge in [0, 0.05) is 32.5 Å². The van der Waals surface area contributed by atoms with Gasteiger partial charge in [0.25, 0.3) is 5.91 Å². The lowest BCUT2D eigenvalue weighted by molar-refractivity contribution is -0.176. The molecular weight excluding hydrogens is 340 g/mol. The summed E-state index contributed by atoms with van der Waals surface area (Å²) in [7, 11) is 0. The van der Waals surface area contributed by atoms with Crippen molar-refractivity contribution >= 4 is 18.0 Å². The summed E-state index contributed by atoms with van der Waals surface area (Å²) in [5, 5.41) is 0. The molecule has 3 rings (SSSR count). The number of hydrogen-bond donors (Lipinski definition) is 0. The number of piperidine rings is 1. The van der Waals surface area contributed by atoms with E-state index in [2.05, 4.69) is 0 Å². The number of carbonyl (C=O) groups excluding carboxylic acids is 3. The average Bonchev–Trinajstić information content (AvgIpc) is 2.89. The zero-order valence-corrected chi connectivity index (χ0v) is 15.8. The first-order valence-corrected chi connectivity index (χ1v) is 8.94. The van der Waals surface area contributed by atoms with E-state index in [4.69, 9.17) is 14.2 Å². The molecule has 0 aliphatic carbocycles. The third-order valence-corrected chi connectivity index (χ3v) is 4.96. The highest BCUT2D eigenvalue weighted by Gasteiger charge is 2.49. The minimum atomic E-state index is -0.949. The fourth-order valence-corrected chi connectivity index (χ4v) is 3.48. The maximum absolute atomic E-state index is 13.1. The van der Waals surface area contributed by atoms with Crippen LogP contribution < -0.4 is 0 Å². The van der Waals surface area contributed by atoms with Crippen LogP contribution in [0.5, 0.6) is 0 Å². The van der Waals surface area contributed by atoms with Gasteiger partial charge in [-0.1, -0.05) is 0 Å². The van der Waals surface area contributed by atoms with Crippen molar-refractivity contribution in [3.8, 4) is 0 Å². The molecule has 1 spiro atoms. The second kappa shape index (κ2) is 6.57. The van der Waals surface area contributed by atoms with Crippen LogP contribution in [0.15, 0.2) is 11.3 Å². The van der Waals surface area contributed by atoms with E-state index in [9.17, 15) is 14.4 Å². The van der Waals surface area contributed by atoms with E-state index in [0.717, 1.165) is 0 Å². The van der Waals surface area contributed by atoms with Crippen LogP contribution in [-0.2, 0) is 23.8 Å². The van der Waals surface area contributed by atoms with Gasteiger partial charge in [-0.25, -0.2) is 9.59 Å². The molecule has 2 saturated heterocycles. The Morgan fingerprint density at radius 3 is 2.35 bits per heavy atom. The number of esters is 1. The van der Waals surface area contributed by atoms with Gasteiger partial charge in [0.2, 0.25) is 0 Å². The van der Waals surface area contributed by atoms with Crippen LogP contribution in [0, 0.1) is 0 Å². The lowest BCUT2D eigenvalue weighted by atomic mass is 9.88. The molecule has 0 N–H and O–H groups in total. The van der Waals surface area contributed by atoms with Crippen LogP contribution in [0.3, 0.4) is 0 Å². The first-order chi connectivity index (χ1) is 12.1. The molecule has 0 atom stereocenters. The molecule has 0 aromatic rings. The molecule has 2 amide bonds. The van der Waals surface area contributed by atoms with E-state index in [1.54, 1.807) is 16.7 Å². The molecule has 8 nitrogen and oxygen atoms in total. The highest BCUT2D eigenvalue weighted by atomic mass is 16.6. The molecule has 3 aliphatic rings. The summed E-state index contributed by atoms with van der Waals surface area (Å²) in [4.78, 5) is 40.2.